The largest absolute Gasteiger partial charge is 0.497 e. The Labute approximate surface area is 139 Å². The molecule has 0 bridgehead atoms. The molecule has 3 rings (SSSR count). The van der Waals surface area contributed by atoms with Crippen LogP contribution < -0.4 is 4.74 Å². The van der Waals surface area contributed by atoms with Crippen LogP contribution >= 0.6 is 0 Å². The van der Waals surface area contributed by atoms with Gasteiger partial charge in [-0.2, -0.15) is 4.31 Å². The van der Waals surface area contributed by atoms with Crippen LogP contribution in [0.15, 0.2) is 47.4 Å². The number of methoxy groups -OCH3 is 1. The first-order chi connectivity index (χ1) is 11.4. The molecule has 2 aromatic rings. The van der Waals surface area contributed by atoms with Gasteiger partial charge in [-0.1, -0.05) is 12.1 Å². The third-order valence-electron chi connectivity index (χ3n) is 4.06. The van der Waals surface area contributed by atoms with Crippen LogP contribution in [0.25, 0.3) is 0 Å². The van der Waals surface area contributed by atoms with Gasteiger partial charge in [-0.3, -0.25) is 10.1 Å². The van der Waals surface area contributed by atoms with Gasteiger partial charge >= 0.3 is 0 Å². The zero-order valence-electron chi connectivity index (χ0n) is 13.0. The third-order valence-corrected chi connectivity index (χ3v) is 5.90. The van der Waals surface area contributed by atoms with E-state index in [-0.39, 0.29) is 17.1 Å². The van der Waals surface area contributed by atoms with Gasteiger partial charge in [-0.25, -0.2) is 8.42 Å². The fraction of sp³-hybridized carbons (Fsp3) is 0.250. The van der Waals surface area contributed by atoms with E-state index in [1.54, 1.807) is 13.2 Å². The lowest BCUT2D eigenvalue weighted by atomic mass is 10.0. The molecule has 0 atom stereocenters. The summed E-state index contributed by atoms with van der Waals surface area (Å²) < 4.78 is 32.1. The van der Waals surface area contributed by atoms with Crippen LogP contribution in [0.4, 0.5) is 5.69 Å². The quantitative estimate of drug-likeness (QED) is 0.625. The second kappa shape index (κ2) is 6.21. The van der Waals surface area contributed by atoms with E-state index >= 15 is 0 Å². The van der Waals surface area contributed by atoms with E-state index in [4.69, 9.17) is 4.74 Å². The molecule has 8 heteroatoms. The number of nitro benzene ring substituents is 1. The fourth-order valence-corrected chi connectivity index (χ4v) is 4.20. The standard InChI is InChI=1S/C16H16N2O5S/c1-23-15-6-5-13-11-17(8-7-12(13)9-15)24(21,22)16-4-2-3-14(10-16)18(19)20/h2-6,9-10H,7-8,11H2,1H3. The summed E-state index contributed by atoms with van der Waals surface area (Å²) >= 11 is 0. The SMILES string of the molecule is COc1ccc2c(c1)CCN(S(=O)(=O)c1cccc([N+](=O)[O-])c1)C2. The van der Waals surface area contributed by atoms with Crippen molar-refractivity contribution in [3.05, 3.63) is 63.7 Å². The minimum atomic E-state index is -3.78. The molecule has 2 aromatic carbocycles. The lowest BCUT2D eigenvalue weighted by Crippen LogP contribution is -2.36. The van der Waals surface area contributed by atoms with Gasteiger partial charge < -0.3 is 4.74 Å². The Morgan fingerprint density at radius 3 is 2.67 bits per heavy atom. The van der Waals surface area contributed by atoms with Gasteiger partial charge in [0.25, 0.3) is 5.69 Å². The molecular formula is C16H16N2O5S. The molecule has 24 heavy (non-hydrogen) atoms. The molecule has 0 radical (unpaired) electrons. The van der Waals surface area contributed by atoms with Gasteiger partial charge in [0.1, 0.15) is 5.75 Å². The zero-order chi connectivity index (χ0) is 17.3. The molecule has 0 amide bonds. The molecule has 0 N–H and O–H groups in total. The number of nitrogens with zero attached hydrogens (tertiary/aromatic N) is 2. The average molecular weight is 348 g/mol. The first-order valence-corrected chi connectivity index (χ1v) is 8.76. The van der Waals surface area contributed by atoms with Crippen molar-refractivity contribution >= 4 is 15.7 Å². The molecule has 1 aliphatic rings. The maximum absolute atomic E-state index is 12.8. The van der Waals surface area contributed by atoms with Gasteiger partial charge in [0.2, 0.25) is 10.0 Å². The van der Waals surface area contributed by atoms with Crippen LogP contribution in [-0.2, 0) is 23.0 Å². The van der Waals surface area contributed by atoms with Crippen molar-refractivity contribution in [3.8, 4) is 5.75 Å². The van der Waals surface area contributed by atoms with Crippen molar-refractivity contribution in [3.63, 3.8) is 0 Å². The predicted molar refractivity (Wildman–Crippen MR) is 87.4 cm³/mol. The highest BCUT2D eigenvalue weighted by molar-refractivity contribution is 7.89. The van der Waals surface area contributed by atoms with Gasteiger partial charge in [-0.15, -0.1) is 0 Å². The summed E-state index contributed by atoms with van der Waals surface area (Å²) in [6, 6.07) is 10.7. The number of sulfonamides is 1. The Morgan fingerprint density at radius 2 is 1.96 bits per heavy atom. The second-order valence-corrected chi connectivity index (χ2v) is 7.42. The van der Waals surface area contributed by atoms with Crippen LogP contribution in [0.5, 0.6) is 5.75 Å². The number of nitro groups is 1. The average Bonchev–Trinajstić information content (AvgIpc) is 2.60. The predicted octanol–water partition coefficient (Wildman–Crippen LogP) is 2.35. The monoisotopic (exact) mass is 348 g/mol. The molecule has 0 spiro atoms. The number of non-ortho nitro benzene ring substituents is 1. The molecule has 0 fully saturated rings. The van der Waals surface area contributed by atoms with E-state index in [1.165, 1.54) is 22.5 Å². The lowest BCUT2D eigenvalue weighted by Gasteiger charge is -2.28. The van der Waals surface area contributed by atoms with E-state index in [0.29, 0.717) is 13.0 Å². The Morgan fingerprint density at radius 1 is 1.17 bits per heavy atom. The third kappa shape index (κ3) is 2.98. The number of ether oxygens (including phenoxy) is 1. The summed E-state index contributed by atoms with van der Waals surface area (Å²) in [6.07, 6.45) is 0.570. The number of benzene rings is 2. The number of hydrogen-bond acceptors (Lipinski definition) is 5. The second-order valence-electron chi connectivity index (χ2n) is 5.48. The molecular weight excluding hydrogens is 332 g/mol. The molecule has 0 unspecified atom stereocenters. The summed E-state index contributed by atoms with van der Waals surface area (Å²) in [5.41, 5.74) is 1.73. The molecule has 7 nitrogen and oxygen atoms in total. The van der Waals surface area contributed by atoms with Crippen LogP contribution in [0.3, 0.4) is 0 Å². The molecule has 1 aliphatic heterocycles. The van der Waals surface area contributed by atoms with Gasteiger partial charge in [0.15, 0.2) is 0 Å². The van der Waals surface area contributed by atoms with Crippen LogP contribution in [0.2, 0.25) is 0 Å². The first-order valence-electron chi connectivity index (χ1n) is 7.32. The Bertz CT molecular complexity index is 895. The minimum absolute atomic E-state index is 0.0614. The fourth-order valence-electron chi connectivity index (χ4n) is 2.74. The van der Waals surface area contributed by atoms with E-state index in [1.807, 2.05) is 12.1 Å². The normalized spacial score (nSPS) is 14.9. The van der Waals surface area contributed by atoms with E-state index < -0.39 is 14.9 Å². The smallest absolute Gasteiger partial charge is 0.270 e. The van der Waals surface area contributed by atoms with Crippen molar-refractivity contribution in [2.24, 2.45) is 0 Å². The Kier molecular flexibility index (Phi) is 4.25. The molecule has 1 heterocycles. The van der Waals surface area contributed by atoms with Crippen molar-refractivity contribution in [2.45, 2.75) is 17.9 Å². The summed E-state index contributed by atoms with van der Waals surface area (Å²) in [5, 5.41) is 10.9. The van der Waals surface area contributed by atoms with Crippen molar-refractivity contribution in [2.75, 3.05) is 13.7 Å². The maximum atomic E-state index is 12.8. The topological polar surface area (TPSA) is 89.8 Å². The highest BCUT2D eigenvalue weighted by atomic mass is 32.2. The summed E-state index contributed by atoms with van der Waals surface area (Å²) in [5.74, 6) is 0.740. The first kappa shape index (κ1) is 16.4. The van der Waals surface area contributed by atoms with E-state index in [9.17, 15) is 18.5 Å². The number of fused-ring (bicyclic) bond motifs is 1. The molecule has 126 valence electrons. The number of rotatable bonds is 4. The maximum Gasteiger partial charge on any atom is 0.270 e. The van der Waals surface area contributed by atoms with Crippen LogP contribution in [-0.4, -0.2) is 31.3 Å². The Balaban J connectivity index is 1.91. The van der Waals surface area contributed by atoms with Gasteiger partial charge in [-0.05, 0) is 35.7 Å². The van der Waals surface area contributed by atoms with Crippen molar-refractivity contribution < 1.29 is 18.1 Å². The molecule has 0 saturated carbocycles. The summed E-state index contributed by atoms with van der Waals surface area (Å²) in [6.45, 7) is 0.565. The van der Waals surface area contributed by atoms with Crippen molar-refractivity contribution in [1.82, 2.24) is 4.31 Å². The van der Waals surface area contributed by atoms with Gasteiger partial charge in [0, 0.05) is 25.2 Å². The minimum Gasteiger partial charge on any atom is -0.497 e. The molecule has 0 saturated heterocycles. The van der Waals surface area contributed by atoms with Crippen LogP contribution in [0.1, 0.15) is 11.1 Å². The Hall–Kier alpha value is -2.45. The highest BCUT2D eigenvalue weighted by Crippen LogP contribution is 2.28. The lowest BCUT2D eigenvalue weighted by molar-refractivity contribution is -0.385. The zero-order valence-corrected chi connectivity index (χ0v) is 13.8. The van der Waals surface area contributed by atoms with Gasteiger partial charge in [0.05, 0.1) is 16.9 Å². The molecule has 0 aromatic heterocycles. The number of hydrogen-bond donors (Lipinski definition) is 0. The summed E-state index contributed by atoms with van der Waals surface area (Å²) in [4.78, 5) is 10.2. The summed E-state index contributed by atoms with van der Waals surface area (Å²) in [7, 11) is -2.19. The van der Waals surface area contributed by atoms with E-state index in [0.717, 1.165) is 22.9 Å². The highest BCUT2D eigenvalue weighted by Gasteiger charge is 2.29. The molecule has 0 aliphatic carbocycles. The van der Waals surface area contributed by atoms with Crippen molar-refractivity contribution in [1.29, 1.82) is 0 Å². The van der Waals surface area contributed by atoms with E-state index in [2.05, 4.69) is 0 Å². The van der Waals surface area contributed by atoms with Crippen LogP contribution in [0, 0.1) is 10.1 Å².